The van der Waals surface area contributed by atoms with Gasteiger partial charge in [0.2, 0.25) is 0 Å². The number of halogens is 3. The average molecular weight is 361 g/mol. The number of carbonyl (C=O) groups excluding carboxylic acids is 2. The van der Waals surface area contributed by atoms with Crippen LogP contribution in [0.3, 0.4) is 0 Å². The van der Waals surface area contributed by atoms with E-state index >= 15 is 0 Å². The molecule has 0 aliphatic heterocycles. The molecule has 8 heteroatoms. The minimum Gasteiger partial charge on any atom is -0.341 e. The van der Waals surface area contributed by atoms with Crippen LogP contribution in [-0.4, -0.2) is 23.3 Å². The second-order valence-corrected chi connectivity index (χ2v) is 5.21. The van der Waals surface area contributed by atoms with Gasteiger partial charge in [0.25, 0.3) is 11.8 Å². The highest BCUT2D eigenvalue weighted by atomic mass is 19.4. The van der Waals surface area contributed by atoms with Gasteiger partial charge < -0.3 is 10.6 Å². The smallest absolute Gasteiger partial charge is 0.341 e. The Kier molecular flexibility index (Phi) is 5.62. The summed E-state index contributed by atoms with van der Waals surface area (Å²) >= 11 is 0. The van der Waals surface area contributed by atoms with E-state index in [1.807, 2.05) is 0 Å². The Labute approximate surface area is 147 Å². The summed E-state index contributed by atoms with van der Waals surface area (Å²) in [6.07, 6.45) is 0.492. The molecule has 2 rings (SSSR count). The van der Waals surface area contributed by atoms with E-state index in [1.165, 1.54) is 19.1 Å². The normalized spacial score (nSPS) is 10.7. The number of hydrogen-bond acceptors (Lipinski definition) is 3. The second kappa shape index (κ2) is 7.70. The minimum atomic E-state index is -4.60. The van der Waals surface area contributed by atoms with E-state index in [2.05, 4.69) is 21.5 Å². The largest absolute Gasteiger partial charge is 0.433 e. The maximum Gasteiger partial charge on any atom is 0.433 e. The molecule has 2 aromatic rings. The number of alkyl halides is 3. The molecule has 0 unspecified atom stereocenters. The monoisotopic (exact) mass is 361 g/mol. The highest BCUT2D eigenvalue weighted by molar-refractivity contribution is 6.09. The van der Waals surface area contributed by atoms with Gasteiger partial charge >= 0.3 is 6.18 Å². The van der Waals surface area contributed by atoms with Gasteiger partial charge in [-0.05, 0) is 31.2 Å². The third-order valence-electron chi connectivity index (χ3n) is 3.39. The van der Waals surface area contributed by atoms with Crippen LogP contribution >= 0.6 is 0 Å². The second-order valence-electron chi connectivity index (χ2n) is 5.21. The van der Waals surface area contributed by atoms with E-state index in [0.717, 1.165) is 12.1 Å². The van der Waals surface area contributed by atoms with Crippen molar-refractivity contribution in [2.24, 2.45) is 0 Å². The lowest BCUT2D eigenvalue weighted by molar-refractivity contribution is -0.141. The fraction of sp³-hybridized carbons (Fsp3) is 0.167. The molecular weight excluding hydrogens is 347 g/mol. The molecule has 0 radical (unpaired) electrons. The number of amides is 2. The maximum absolute atomic E-state index is 12.7. The quantitative estimate of drug-likeness (QED) is 0.823. The summed E-state index contributed by atoms with van der Waals surface area (Å²) in [7, 11) is 0. The highest BCUT2D eigenvalue weighted by Crippen LogP contribution is 2.28. The number of rotatable bonds is 4. The van der Waals surface area contributed by atoms with Gasteiger partial charge in [0.15, 0.2) is 0 Å². The van der Waals surface area contributed by atoms with Gasteiger partial charge in [-0.3, -0.25) is 9.59 Å². The van der Waals surface area contributed by atoms with Crippen LogP contribution in [0.5, 0.6) is 0 Å². The molecule has 1 aromatic heterocycles. The molecule has 134 valence electrons. The Bertz CT molecular complexity index is 886. The lowest BCUT2D eigenvalue weighted by Crippen LogP contribution is -2.25. The SMILES string of the molecule is C#CCNC(=O)c1ccccc1NC(=O)c1ccc(C(F)(F)F)nc1C. The Balaban J connectivity index is 2.26. The van der Waals surface area contributed by atoms with E-state index in [1.54, 1.807) is 12.1 Å². The Hall–Kier alpha value is -3.34. The number of hydrogen-bond donors (Lipinski definition) is 2. The molecular formula is C18H14F3N3O2. The van der Waals surface area contributed by atoms with Crippen molar-refractivity contribution in [2.45, 2.75) is 13.1 Å². The van der Waals surface area contributed by atoms with Gasteiger partial charge in [-0.1, -0.05) is 18.1 Å². The first-order valence-electron chi connectivity index (χ1n) is 7.41. The highest BCUT2D eigenvalue weighted by Gasteiger charge is 2.33. The Morgan fingerprint density at radius 3 is 2.42 bits per heavy atom. The van der Waals surface area contributed by atoms with E-state index in [9.17, 15) is 22.8 Å². The van der Waals surface area contributed by atoms with Crippen LogP contribution in [0.1, 0.15) is 32.1 Å². The number of anilines is 1. The van der Waals surface area contributed by atoms with Crippen molar-refractivity contribution < 1.29 is 22.8 Å². The molecule has 0 saturated heterocycles. The van der Waals surface area contributed by atoms with Gasteiger partial charge in [0, 0.05) is 0 Å². The van der Waals surface area contributed by atoms with E-state index in [4.69, 9.17) is 6.42 Å². The fourth-order valence-electron chi connectivity index (χ4n) is 2.17. The van der Waals surface area contributed by atoms with Crippen molar-refractivity contribution in [3.63, 3.8) is 0 Å². The first kappa shape index (κ1) is 19.0. The third kappa shape index (κ3) is 4.39. The molecule has 2 amide bonds. The number of carbonyl (C=O) groups is 2. The van der Waals surface area contributed by atoms with E-state index in [-0.39, 0.29) is 29.1 Å². The summed E-state index contributed by atoms with van der Waals surface area (Å²) in [5.74, 6) is 1.10. The molecule has 2 N–H and O–H groups in total. The van der Waals surface area contributed by atoms with Gasteiger partial charge in [-0.25, -0.2) is 4.98 Å². The van der Waals surface area contributed by atoms with Crippen LogP contribution in [-0.2, 0) is 6.18 Å². The number of nitrogens with zero attached hydrogens (tertiary/aromatic N) is 1. The summed E-state index contributed by atoms with van der Waals surface area (Å²) in [6.45, 7) is 1.32. The number of benzene rings is 1. The molecule has 0 aliphatic rings. The molecule has 0 saturated carbocycles. The maximum atomic E-state index is 12.7. The number of nitrogens with one attached hydrogen (secondary N) is 2. The van der Waals surface area contributed by atoms with Gasteiger partial charge in [0.1, 0.15) is 5.69 Å². The fourth-order valence-corrected chi connectivity index (χ4v) is 2.17. The van der Waals surface area contributed by atoms with Crippen molar-refractivity contribution >= 4 is 17.5 Å². The van der Waals surface area contributed by atoms with Crippen molar-refractivity contribution in [2.75, 3.05) is 11.9 Å². The van der Waals surface area contributed by atoms with Crippen LogP contribution in [0.2, 0.25) is 0 Å². The Morgan fingerprint density at radius 1 is 1.12 bits per heavy atom. The topological polar surface area (TPSA) is 71.1 Å². The van der Waals surface area contributed by atoms with Crippen LogP contribution in [0.25, 0.3) is 0 Å². The number of aromatic nitrogens is 1. The predicted molar refractivity (Wildman–Crippen MR) is 89.5 cm³/mol. The number of pyridine rings is 1. The standard InChI is InChI=1S/C18H14F3N3O2/c1-3-10-22-16(25)13-6-4-5-7-14(13)24-17(26)12-8-9-15(18(19,20)21)23-11(12)2/h1,4-9H,10H2,2H3,(H,22,25)(H,24,26). The zero-order chi connectivity index (χ0) is 19.3. The molecule has 0 spiro atoms. The zero-order valence-electron chi connectivity index (χ0n) is 13.6. The van der Waals surface area contributed by atoms with Crippen molar-refractivity contribution in [3.8, 4) is 12.3 Å². The molecule has 0 atom stereocenters. The van der Waals surface area contributed by atoms with E-state index < -0.39 is 23.7 Å². The molecule has 1 heterocycles. The molecule has 0 fully saturated rings. The summed E-state index contributed by atoms with van der Waals surface area (Å²) in [5, 5.41) is 4.98. The molecule has 5 nitrogen and oxygen atoms in total. The van der Waals surface area contributed by atoms with Crippen LogP contribution in [0.4, 0.5) is 18.9 Å². The summed E-state index contributed by atoms with van der Waals surface area (Å²) < 4.78 is 38.0. The number of para-hydroxylation sites is 1. The van der Waals surface area contributed by atoms with Crippen molar-refractivity contribution in [1.29, 1.82) is 0 Å². The van der Waals surface area contributed by atoms with Crippen LogP contribution < -0.4 is 10.6 Å². The number of aryl methyl sites for hydroxylation is 1. The van der Waals surface area contributed by atoms with Crippen LogP contribution in [0.15, 0.2) is 36.4 Å². The number of terminal acetylenes is 1. The average Bonchev–Trinajstić information content (AvgIpc) is 2.59. The molecule has 0 aliphatic carbocycles. The van der Waals surface area contributed by atoms with Gasteiger partial charge in [-0.15, -0.1) is 6.42 Å². The van der Waals surface area contributed by atoms with Crippen molar-refractivity contribution in [1.82, 2.24) is 10.3 Å². The zero-order valence-corrected chi connectivity index (χ0v) is 13.6. The van der Waals surface area contributed by atoms with Gasteiger partial charge in [-0.2, -0.15) is 13.2 Å². The predicted octanol–water partition coefficient (Wildman–Crippen LogP) is 3.02. The summed E-state index contributed by atoms with van der Waals surface area (Å²) in [4.78, 5) is 27.9. The first-order valence-corrected chi connectivity index (χ1v) is 7.41. The Morgan fingerprint density at radius 2 is 1.81 bits per heavy atom. The lowest BCUT2D eigenvalue weighted by Gasteiger charge is -2.13. The lowest BCUT2D eigenvalue weighted by atomic mass is 10.1. The van der Waals surface area contributed by atoms with Gasteiger partial charge in [0.05, 0.1) is 29.1 Å². The summed E-state index contributed by atoms with van der Waals surface area (Å²) in [5.41, 5.74) is -0.816. The van der Waals surface area contributed by atoms with Crippen LogP contribution in [0, 0.1) is 19.3 Å². The minimum absolute atomic E-state index is 0.0169. The molecule has 0 bridgehead atoms. The third-order valence-corrected chi connectivity index (χ3v) is 3.39. The molecule has 1 aromatic carbocycles. The summed E-state index contributed by atoms with van der Waals surface area (Å²) in [6, 6.07) is 7.96. The van der Waals surface area contributed by atoms with Crippen molar-refractivity contribution in [3.05, 3.63) is 58.9 Å². The van der Waals surface area contributed by atoms with E-state index in [0.29, 0.717) is 0 Å². The first-order chi connectivity index (χ1) is 12.2. The molecule has 26 heavy (non-hydrogen) atoms.